The summed E-state index contributed by atoms with van der Waals surface area (Å²) in [7, 11) is -4.64. The first-order valence-electron chi connectivity index (χ1n) is 3.59. The van der Waals surface area contributed by atoms with Gasteiger partial charge in [-0.05, 0) is 20.8 Å². The van der Waals surface area contributed by atoms with Gasteiger partial charge < -0.3 is 19.4 Å². The molecule has 0 unspecified atom stereocenters. The normalized spacial score (nSPS) is 11.0. The fraction of sp³-hybridized carbons (Fsp3) is 0.571. The van der Waals surface area contributed by atoms with E-state index in [0.717, 1.165) is 6.08 Å². The lowest BCUT2D eigenvalue weighted by Gasteiger charge is -2.17. The van der Waals surface area contributed by atoms with E-state index in [-0.39, 0.29) is 5.97 Å². The molecule has 0 saturated carbocycles. The second-order valence-corrected chi connectivity index (χ2v) is 4.28. The minimum atomic E-state index is -4.64. The van der Waals surface area contributed by atoms with E-state index in [1.54, 1.807) is 0 Å². The van der Waals surface area contributed by atoms with Gasteiger partial charge in [0.2, 0.25) is 0 Å². The summed E-state index contributed by atoms with van der Waals surface area (Å²) in [5.74, 6) is -0.373. The molecule has 0 amide bonds. The third-order valence-electron chi connectivity index (χ3n) is 0.573. The highest BCUT2D eigenvalue weighted by molar-refractivity contribution is 7.45. The second kappa shape index (κ2) is 5.93. The van der Waals surface area contributed by atoms with Crippen LogP contribution in [-0.4, -0.2) is 26.3 Å². The van der Waals surface area contributed by atoms with Gasteiger partial charge in [0, 0.05) is 6.08 Å². The predicted molar refractivity (Wildman–Crippen MR) is 50.3 cm³/mol. The zero-order chi connectivity index (χ0) is 12.0. The van der Waals surface area contributed by atoms with E-state index < -0.39 is 13.4 Å². The Morgan fingerprint density at radius 3 is 1.71 bits per heavy atom. The van der Waals surface area contributed by atoms with Gasteiger partial charge in [0.1, 0.15) is 5.60 Å². The lowest BCUT2D eigenvalue weighted by molar-refractivity contribution is -0.148. The highest BCUT2D eigenvalue weighted by Crippen LogP contribution is 2.25. The van der Waals surface area contributed by atoms with Gasteiger partial charge in [-0.2, -0.15) is 0 Å². The molecule has 0 aliphatic heterocycles. The summed E-state index contributed by atoms with van der Waals surface area (Å²) in [6.45, 7) is 8.71. The molecule has 0 aliphatic rings. The van der Waals surface area contributed by atoms with E-state index >= 15 is 0 Å². The van der Waals surface area contributed by atoms with Crippen LogP contribution < -0.4 is 0 Å². The maximum atomic E-state index is 10.5. The van der Waals surface area contributed by atoms with Crippen molar-refractivity contribution in [2.24, 2.45) is 0 Å². The topological polar surface area (TPSA) is 104 Å². The van der Waals surface area contributed by atoms with E-state index in [1.165, 1.54) is 0 Å². The van der Waals surface area contributed by atoms with Crippen molar-refractivity contribution in [3.8, 4) is 0 Å². The van der Waals surface area contributed by atoms with Crippen LogP contribution in [0.3, 0.4) is 0 Å². The average Bonchev–Trinajstić information content (AvgIpc) is 1.79. The summed E-state index contributed by atoms with van der Waals surface area (Å²) in [6, 6.07) is 0. The third-order valence-corrected chi connectivity index (χ3v) is 0.573. The largest absolute Gasteiger partial charge is 0.466 e. The minimum absolute atomic E-state index is 0.373. The maximum Gasteiger partial charge on any atom is 0.466 e. The van der Waals surface area contributed by atoms with Crippen LogP contribution in [-0.2, 0) is 14.1 Å². The van der Waals surface area contributed by atoms with E-state index in [2.05, 4.69) is 6.58 Å². The first kappa shape index (κ1) is 15.8. The van der Waals surface area contributed by atoms with E-state index in [4.69, 9.17) is 24.0 Å². The number of carbonyl (C=O) groups excluding carboxylic acids is 1. The zero-order valence-electron chi connectivity index (χ0n) is 8.30. The molecule has 0 aliphatic carbocycles. The molecule has 84 valence electrons. The van der Waals surface area contributed by atoms with Crippen LogP contribution in [0.2, 0.25) is 0 Å². The smallest absolute Gasteiger partial charge is 0.457 e. The molecule has 0 spiro atoms. The Morgan fingerprint density at radius 2 is 1.64 bits per heavy atom. The Morgan fingerprint density at radius 1 is 1.36 bits per heavy atom. The third kappa shape index (κ3) is 30.2. The van der Waals surface area contributed by atoms with Crippen LogP contribution >= 0.6 is 7.82 Å². The van der Waals surface area contributed by atoms with Gasteiger partial charge in [0.05, 0.1) is 0 Å². The number of hydrogen-bond donors (Lipinski definition) is 3. The molecule has 0 saturated heterocycles. The number of esters is 1. The van der Waals surface area contributed by atoms with Gasteiger partial charge >= 0.3 is 13.8 Å². The minimum Gasteiger partial charge on any atom is -0.457 e. The molecule has 0 fully saturated rings. The van der Waals surface area contributed by atoms with Gasteiger partial charge in [-0.3, -0.25) is 0 Å². The predicted octanol–water partition coefficient (Wildman–Crippen LogP) is 0.585. The van der Waals surface area contributed by atoms with Crippen LogP contribution in [0.1, 0.15) is 20.8 Å². The number of rotatable bonds is 1. The van der Waals surface area contributed by atoms with Crippen molar-refractivity contribution in [1.82, 2.24) is 0 Å². The van der Waals surface area contributed by atoms with Crippen molar-refractivity contribution in [3.63, 3.8) is 0 Å². The van der Waals surface area contributed by atoms with Gasteiger partial charge in [-0.1, -0.05) is 6.58 Å². The van der Waals surface area contributed by atoms with Gasteiger partial charge in [0.25, 0.3) is 0 Å². The number of phosphoric acid groups is 1. The van der Waals surface area contributed by atoms with Crippen LogP contribution in [0.5, 0.6) is 0 Å². The van der Waals surface area contributed by atoms with Crippen LogP contribution in [0.15, 0.2) is 12.7 Å². The summed E-state index contributed by atoms with van der Waals surface area (Å²) in [5.41, 5.74) is -0.398. The highest BCUT2D eigenvalue weighted by atomic mass is 31.2. The lowest BCUT2D eigenvalue weighted by atomic mass is 10.2. The Balaban J connectivity index is 0. The molecular weight excluding hydrogens is 211 g/mol. The molecule has 0 bridgehead atoms. The molecule has 0 rings (SSSR count). The molecule has 7 heteroatoms. The van der Waals surface area contributed by atoms with Crippen molar-refractivity contribution >= 4 is 13.8 Å². The average molecular weight is 226 g/mol. The Kier molecular flexibility index (Phi) is 6.68. The number of hydrogen-bond acceptors (Lipinski definition) is 3. The van der Waals surface area contributed by atoms with Crippen molar-refractivity contribution in [3.05, 3.63) is 12.7 Å². The maximum absolute atomic E-state index is 10.5. The molecule has 6 nitrogen and oxygen atoms in total. The standard InChI is InChI=1S/C7H12O2.H3O4P/c1-5-6(8)9-7(2,3)4;1-5(2,3)4/h5H,1H2,2-4H3;(H3,1,2,3,4). The lowest BCUT2D eigenvalue weighted by Crippen LogP contribution is -2.22. The molecule has 14 heavy (non-hydrogen) atoms. The molecule has 0 atom stereocenters. The molecular formula is C7H15O6P. The van der Waals surface area contributed by atoms with Crippen molar-refractivity contribution < 1.29 is 28.8 Å². The van der Waals surface area contributed by atoms with E-state index in [1.807, 2.05) is 20.8 Å². The first-order chi connectivity index (χ1) is 5.95. The molecule has 0 aromatic rings. The summed E-state index contributed by atoms with van der Waals surface area (Å²) < 4.78 is 13.7. The van der Waals surface area contributed by atoms with Crippen molar-refractivity contribution in [2.45, 2.75) is 26.4 Å². The number of carbonyl (C=O) groups is 1. The van der Waals surface area contributed by atoms with Crippen LogP contribution in [0.4, 0.5) is 0 Å². The van der Waals surface area contributed by atoms with E-state index in [0.29, 0.717) is 0 Å². The van der Waals surface area contributed by atoms with Gasteiger partial charge in [0.15, 0.2) is 0 Å². The summed E-state index contributed by atoms with van der Waals surface area (Å²) in [4.78, 5) is 32.0. The highest BCUT2D eigenvalue weighted by Gasteiger charge is 2.12. The van der Waals surface area contributed by atoms with E-state index in [9.17, 15) is 4.79 Å². The SMILES string of the molecule is C=CC(=O)OC(C)(C)C.O=P(O)(O)O. The quantitative estimate of drug-likeness (QED) is 0.343. The zero-order valence-corrected chi connectivity index (χ0v) is 9.19. The van der Waals surface area contributed by atoms with Gasteiger partial charge in [-0.15, -0.1) is 0 Å². The van der Waals surface area contributed by atoms with Gasteiger partial charge in [-0.25, -0.2) is 9.36 Å². The second-order valence-electron chi connectivity index (χ2n) is 3.25. The molecule has 0 radical (unpaired) electrons. The first-order valence-corrected chi connectivity index (χ1v) is 5.16. The summed E-state index contributed by atoms with van der Waals surface area (Å²) >= 11 is 0. The van der Waals surface area contributed by atoms with Crippen molar-refractivity contribution in [2.75, 3.05) is 0 Å². The molecule has 0 heterocycles. The van der Waals surface area contributed by atoms with Crippen molar-refractivity contribution in [1.29, 1.82) is 0 Å². The van der Waals surface area contributed by atoms with Crippen LogP contribution in [0, 0.1) is 0 Å². The summed E-state index contributed by atoms with van der Waals surface area (Å²) in [6.07, 6.45) is 1.16. The fourth-order valence-electron chi connectivity index (χ4n) is 0.343. The fourth-order valence-corrected chi connectivity index (χ4v) is 0.343. The molecule has 0 aromatic carbocycles. The number of ether oxygens (including phenoxy) is 1. The van der Waals surface area contributed by atoms with Crippen LogP contribution in [0.25, 0.3) is 0 Å². The Bertz CT molecular complexity index is 227. The monoisotopic (exact) mass is 226 g/mol. The Labute approximate surface area is 82.5 Å². The summed E-state index contributed by atoms with van der Waals surface area (Å²) in [5, 5.41) is 0. The molecule has 0 aromatic heterocycles. The Hall–Kier alpha value is -0.680. The molecule has 3 N–H and O–H groups in total.